The summed E-state index contributed by atoms with van der Waals surface area (Å²) in [5, 5.41) is 13.1. The van der Waals surface area contributed by atoms with Crippen LogP contribution in [-0.2, 0) is 0 Å². The van der Waals surface area contributed by atoms with E-state index in [1.807, 2.05) is 0 Å². The number of nitrogens with one attached hydrogen (secondary N) is 1. The van der Waals surface area contributed by atoms with E-state index in [9.17, 15) is 5.11 Å². The quantitative estimate of drug-likeness (QED) is 0.878. The molecule has 19 heavy (non-hydrogen) atoms. The second kappa shape index (κ2) is 6.40. The van der Waals surface area contributed by atoms with Crippen molar-refractivity contribution in [1.29, 1.82) is 0 Å². The number of anilines is 1. The van der Waals surface area contributed by atoms with Crippen LogP contribution in [0.3, 0.4) is 0 Å². The first-order valence-electron chi connectivity index (χ1n) is 7.32. The second-order valence-electron chi connectivity index (χ2n) is 5.87. The van der Waals surface area contributed by atoms with Gasteiger partial charge in [0.05, 0.1) is 12.6 Å². The standard InChI is InChI=1S/C16H26N2O/c1-12(2)14-4-6-15(7-5-14)18-9-8-13(3)17-10-16(18)11-19/h4-7,12-13,16-17,19H,8-11H2,1-3H3. The van der Waals surface area contributed by atoms with Crippen LogP contribution < -0.4 is 10.2 Å². The highest BCUT2D eigenvalue weighted by atomic mass is 16.3. The van der Waals surface area contributed by atoms with Gasteiger partial charge >= 0.3 is 0 Å². The van der Waals surface area contributed by atoms with Crippen molar-refractivity contribution >= 4 is 5.69 Å². The van der Waals surface area contributed by atoms with E-state index in [1.54, 1.807) is 0 Å². The zero-order valence-electron chi connectivity index (χ0n) is 12.3. The average Bonchev–Trinajstić information content (AvgIpc) is 2.60. The van der Waals surface area contributed by atoms with Gasteiger partial charge < -0.3 is 15.3 Å². The third kappa shape index (κ3) is 3.48. The molecule has 0 bridgehead atoms. The summed E-state index contributed by atoms with van der Waals surface area (Å²) in [5.74, 6) is 0.563. The summed E-state index contributed by atoms with van der Waals surface area (Å²) in [4.78, 5) is 2.33. The largest absolute Gasteiger partial charge is 0.394 e. The SMILES string of the molecule is CC1CCN(c2ccc(C(C)C)cc2)C(CO)CN1. The van der Waals surface area contributed by atoms with Crippen molar-refractivity contribution in [2.24, 2.45) is 0 Å². The van der Waals surface area contributed by atoms with Crippen molar-refractivity contribution in [3.05, 3.63) is 29.8 Å². The molecule has 1 aliphatic rings. The van der Waals surface area contributed by atoms with E-state index in [1.165, 1.54) is 11.3 Å². The molecular weight excluding hydrogens is 236 g/mol. The topological polar surface area (TPSA) is 35.5 Å². The lowest BCUT2D eigenvalue weighted by Gasteiger charge is -2.30. The van der Waals surface area contributed by atoms with Gasteiger partial charge in [0.15, 0.2) is 0 Å². The Morgan fingerprint density at radius 2 is 2.00 bits per heavy atom. The Labute approximate surface area is 116 Å². The number of nitrogens with zero attached hydrogens (tertiary/aromatic N) is 1. The van der Waals surface area contributed by atoms with E-state index >= 15 is 0 Å². The molecule has 0 saturated carbocycles. The van der Waals surface area contributed by atoms with Crippen molar-refractivity contribution in [3.63, 3.8) is 0 Å². The van der Waals surface area contributed by atoms with E-state index < -0.39 is 0 Å². The molecule has 2 atom stereocenters. The third-order valence-electron chi connectivity index (χ3n) is 4.05. The molecule has 0 aromatic heterocycles. The molecule has 1 heterocycles. The molecule has 1 fully saturated rings. The van der Waals surface area contributed by atoms with Gasteiger partial charge in [-0.3, -0.25) is 0 Å². The Morgan fingerprint density at radius 3 is 2.58 bits per heavy atom. The maximum atomic E-state index is 9.60. The predicted molar refractivity (Wildman–Crippen MR) is 80.8 cm³/mol. The number of hydrogen-bond donors (Lipinski definition) is 2. The van der Waals surface area contributed by atoms with Crippen molar-refractivity contribution < 1.29 is 5.11 Å². The lowest BCUT2D eigenvalue weighted by Crippen LogP contribution is -2.42. The highest BCUT2D eigenvalue weighted by molar-refractivity contribution is 5.49. The van der Waals surface area contributed by atoms with Gasteiger partial charge in [0.1, 0.15) is 0 Å². The van der Waals surface area contributed by atoms with Crippen LogP contribution in [0.2, 0.25) is 0 Å². The molecule has 1 aromatic rings. The minimum Gasteiger partial charge on any atom is -0.394 e. The fraction of sp³-hybridized carbons (Fsp3) is 0.625. The third-order valence-corrected chi connectivity index (χ3v) is 4.05. The van der Waals surface area contributed by atoms with Crippen LogP contribution in [-0.4, -0.2) is 36.9 Å². The van der Waals surface area contributed by atoms with Crippen LogP contribution in [0.1, 0.15) is 38.7 Å². The Balaban J connectivity index is 2.17. The number of aliphatic hydroxyl groups is 1. The fourth-order valence-corrected chi connectivity index (χ4v) is 2.62. The number of hydrogen-bond acceptors (Lipinski definition) is 3. The van der Waals surface area contributed by atoms with Crippen LogP contribution in [0.25, 0.3) is 0 Å². The summed E-state index contributed by atoms with van der Waals surface area (Å²) < 4.78 is 0. The Kier molecular flexibility index (Phi) is 4.83. The number of rotatable bonds is 3. The van der Waals surface area contributed by atoms with Crippen LogP contribution in [0.4, 0.5) is 5.69 Å². The summed E-state index contributed by atoms with van der Waals surface area (Å²) in [7, 11) is 0. The van der Waals surface area contributed by atoms with Crippen molar-refractivity contribution in [1.82, 2.24) is 5.32 Å². The van der Waals surface area contributed by atoms with Crippen LogP contribution in [0.5, 0.6) is 0 Å². The Bertz CT molecular complexity index is 388. The van der Waals surface area contributed by atoms with Gasteiger partial charge in [-0.05, 0) is 37.0 Å². The molecular formula is C16H26N2O. The van der Waals surface area contributed by atoms with Gasteiger partial charge in [0.25, 0.3) is 0 Å². The first kappa shape index (κ1) is 14.4. The van der Waals surface area contributed by atoms with Gasteiger partial charge in [-0.1, -0.05) is 26.0 Å². The normalized spacial score (nSPS) is 24.6. The first-order valence-corrected chi connectivity index (χ1v) is 7.32. The number of benzene rings is 1. The van der Waals surface area contributed by atoms with Crippen molar-refractivity contribution in [2.45, 2.75) is 45.2 Å². The van der Waals surface area contributed by atoms with E-state index in [-0.39, 0.29) is 12.6 Å². The summed E-state index contributed by atoms with van der Waals surface area (Å²) in [6, 6.07) is 9.48. The monoisotopic (exact) mass is 262 g/mol. The summed E-state index contributed by atoms with van der Waals surface area (Å²) in [6.07, 6.45) is 1.11. The predicted octanol–water partition coefficient (Wildman–Crippen LogP) is 2.36. The highest BCUT2D eigenvalue weighted by Crippen LogP contribution is 2.23. The van der Waals surface area contributed by atoms with E-state index in [0.717, 1.165) is 19.5 Å². The minimum atomic E-state index is 0.176. The molecule has 1 saturated heterocycles. The van der Waals surface area contributed by atoms with E-state index in [2.05, 4.69) is 55.3 Å². The van der Waals surface area contributed by atoms with Gasteiger partial charge in [-0.2, -0.15) is 0 Å². The van der Waals surface area contributed by atoms with Crippen molar-refractivity contribution in [2.75, 3.05) is 24.6 Å². The van der Waals surface area contributed by atoms with Gasteiger partial charge in [0, 0.05) is 24.8 Å². The molecule has 2 unspecified atom stereocenters. The molecule has 3 nitrogen and oxygen atoms in total. The molecule has 0 amide bonds. The van der Waals surface area contributed by atoms with E-state index in [0.29, 0.717) is 12.0 Å². The van der Waals surface area contributed by atoms with E-state index in [4.69, 9.17) is 0 Å². The first-order chi connectivity index (χ1) is 9.11. The molecule has 3 heteroatoms. The molecule has 0 radical (unpaired) electrons. The highest BCUT2D eigenvalue weighted by Gasteiger charge is 2.22. The van der Waals surface area contributed by atoms with Crippen LogP contribution in [0, 0.1) is 0 Å². The summed E-state index contributed by atoms with van der Waals surface area (Å²) >= 11 is 0. The lowest BCUT2D eigenvalue weighted by atomic mass is 10.0. The van der Waals surface area contributed by atoms with Crippen LogP contribution >= 0.6 is 0 Å². The Morgan fingerprint density at radius 1 is 1.32 bits per heavy atom. The molecule has 2 N–H and O–H groups in total. The fourth-order valence-electron chi connectivity index (χ4n) is 2.62. The molecule has 1 aliphatic heterocycles. The molecule has 2 rings (SSSR count). The zero-order valence-corrected chi connectivity index (χ0v) is 12.3. The summed E-state index contributed by atoms with van der Waals surface area (Å²) in [5.41, 5.74) is 2.59. The van der Waals surface area contributed by atoms with Gasteiger partial charge in [-0.15, -0.1) is 0 Å². The number of aliphatic hydroxyl groups excluding tert-OH is 1. The van der Waals surface area contributed by atoms with Gasteiger partial charge in [-0.25, -0.2) is 0 Å². The second-order valence-corrected chi connectivity index (χ2v) is 5.87. The Hall–Kier alpha value is -1.06. The average molecular weight is 262 g/mol. The molecule has 0 aliphatic carbocycles. The molecule has 1 aromatic carbocycles. The van der Waals surface area contributed by atoms with Crippen LogP contribution in [0.15, 0.2) is 24.3 Å². The van der Waals surface area contributed by atoms with Crippen molar-refractivity contribution in [3.8, 4) is 0 Å². The molecule has 0 spiro atoms. The maximum Gasteiger partial charge on any atom is 0.0647 e. The smallest absolute Gasteiger partial charge is 0.0647 e. The lowest BCUT2D eigenvalue weighted by molar-refractivity contribution is 0.259. The summed E-state index contributed by atoms with van der Waals surface area (Å²) in [6.45, 7) is 8.68. The molecule has 106 valence electrons. The minimum absolute atomic E-state index is 0.176. The zero-order chi connectivity index (χ0) is 13.8. The maximum absolute atomic E-state index is 9.60. The van der Waals surface area contributed by atoms with Gasteiger partial charge in [0.2, 0.25) is 0 Å².